The van der Waals surface area contributed by atoms with Crippen LogP contribution in [0.2, 0.25) is 0 Å². The van der Waals surface area contributed by atoms with Gasteiger partial charge in [-0.05, 0) is 38.3 Å². The zero-order valence-corrected chi connectivity index (χ0v) is 24.0. The summed E-state index contributed by atoms with van der Waals surface area (Å²) in [5.41, 5.74) is 11.6. The van der Waals surface area contributed by atoms with Crippen LogP contribution in [0, 0.1) is 17.3 Å². The Morgan fingerprint density at radius 3 is 2.49 bits per heavy atom. The molecule has 2 rings (SSSR count). The van der Waals surface area contributed by atoms with Gasteiger partial charge in [-0.1, -0.05) is 26.0 Å². The quantitative estimate of drug-likeness (QED) is 0.220. The minimum absolute atomic E-state index is 0.0505. The molecule has 0 saturated carbocycles. The third kappa shape index (κ3) is 9.75. The predicted molar refractivity (Wildman–Crippen MR) is 150 cm³/mol. The van der Waals surface area contributed by atoms with E-state index < -0.39 is 29.4 Å². The summed E-state index contributed by atoms with van der Waals surface area (Å²) in [7, 11) is 1.64. The van der Waals surface area contributed by atoms with Gasteiger partial charge in [-0.2, -0.15) is 0 Å². The number of nitrogens with zero attached hydrogens (tertiary/aromatic N) is 2. The molecule has 3 amide bonds. The molecular formula is C28H47N5O6. The van der Waals surface area contributed by atoms with Crippen molar-refractivity contribution in [1.29, 1.82) is 0 Å². The standard InChI is InChI=1S/C28H47N5O6/c1-19(2)20(26(36)31-18-28(3,4)27(30)37)15-23(34)21(29)16-32-11-12-33(25(35)17-32)22-9-6-7-10-24(22)39-14-8-13-38-5/h6-7,9-10,19-21,23,34H,8,11-18,29H2,1-5H3,(H2,30,37)(H,31,36)/t20-,21-,23-/m0/s1. The van der Waals surface area contributed by atoms with E-state index in [-0.39, 0.29) is 37.2 Å². The number of piperazine rings is 1. The van der Waals surface area contributed by atoms with E-state index in [9.17, 15) is 19.5 Å². The van der Waals surface area contributed by atoms with Crippen LogP contribution in [0.1, 0.15) is 40.5 Å². The van der Waals surface area contributed by atoms with E-state index in [4.69, 9.17) is 20.9 Å². The van der Waals surface area contributed by atoms with Crippen LogP contribution in [-0.2, 0) is 19.1 Å². The molecule has 0 aliphatic carbocycles. The van der Waals surface area contributed by atoms with Crippen LogP contribution in [-0.4, -0.2) is 92.9 Å². The van der Waals surface area contributed by atoms with Gasteiger partial charge >= 0.3 is 0 Å². The van der Waals surface area contributed by atoms with Crippen LogP contribution in [0.5, 0.6) is 5.75 Å². The number of primary amides is 1. The normalized spacial score (nSPS) is 17.1. The molecular weight excluding hydrogens is 502 g/mol. The molecule has 0 unspecified atom stereocenters. The molecule has 11 nitrogen and oxygen atoms in total. The number of ether oxygens (including phenoxy) is 2. The third-order valence-corrected chi connectivity index (χ3v) is 7.18. The van der Waals surface area contributed by atoms with E-state index in [1.807, 2.05) is 43.0 Å². The first-order valence-electron chi connectivity index (χ1n) is 13.6. The topological polar surface area (TPSA) is 160 Å². The van der Waals surface area contributed by atoms with Gasteiger partial charge in [0.15, 0.2) is 0 Å². The minimum atomic E-state index is -0.943. The molecule has 1 aromatic carbocycles. The number of para-hydroxylation sites is 2. The number of aliphatic hydroxyl groups is 1. The van der Waals surface area contributed by atoms with E-state index in [2.05, 4.69) is 5.32 Å². The molecule has 1 aliphatic heterocycles. The maximum absolute atomic E-state index is 13.1. The minimum Gasteiger partial charge on any atom is -0.491 e. The Kier molecular flexibility index (Phi) is 12.6. The first-order valence-corrected chi connectivity index (χ1v) is 13.6. The molecule has 1 aromatic rings. The Balaban J connectivity index is 1.92. The molecule has 0 spiro atoms. The third-order valence-electron chi connectivity index (χ3n) is 7.18. The number of hydrogen-bond acceptors (Lipinski definition) is 8. The van der Waals surface area contributed by atoms with Gasteiger partial charge in [0.25, 0.3) is 0 Å². The number of methoxy groups -OCH3 is 1. The molecule has 1 heterocycles. The van der Waals surface area contributed by atoms with Gasteiger partial charge in [0, 0.05) is 58.3 Å². The number of amides is 3. The fourth-order valence-corrected chi connectivity index (χ4v) is 4.38. The summed E-state index contributed by atoms with van der Waals surface area (Å²) in [6.45, 7) is 9.86. The SMILES string of the molecule is COCCCOc1ccccc1N1CCN(C[C@H](N)[C@@H](O)C[C@H](C(=O)NCC(C)(C)C(N)=O)C(C)C)CC1=O. The van der Waals surface area contributed by atoms with Gasteiger partial charge in [0.2, 0.25) is 17.7 Å². The van der Waals surface area contributed by atoms with Crippen LogP contribution in [0.4, 0.5) is 5.69 Å². The molecule has 3 atom stereocenters. The summed E-state index contributed by atoms with van der Waals surface area (Å²) in [5, 5.41) is 13.7. The highest BCUT2D eigenvalue weighted by atomic mass is 16.5. The van der Waals surface area contributed by atoms with Gasteiger partial charge in [-0.25, -0.2) is 0 Å². The lowest BCUT2D eigenvalue weighted by molar-refractivity contribution is -0.130. The molecule has 0 aromatic heterocycles. The summed E-state index contributed by atoms with van der Waals surface area (Å²) in [4.78, 5) is 41.1. The van der Waals surface area contributed by atoms with Crippen molar-refractivity contribution in [3.8, 4) is 5.75 Å². The van der Waals surface area contributed by atoms with E-state index in [1.165, 1.54) is 0 Å². The van der Waals surface area contributed by atoms with E-state index in [0.29, 0.717) is 38.6 Å². The summed E-state index contributed by atoms with van der Waals surface area (Å²) in [6.07, 6.45) is -0.0254. The van der Waals surface area contributed by atoms with Gasteiger partial charge in [-0.15, -0.1) is 0 Å². The summed E-state index contributed by atoms with van der Waals surface area (Å²) in [6, 6.07) is 6.83. The van der Waals surface area contributed by atoms with Crippen molar-refractivity contribution >= 4 is 23.4 Å². The second-order valence-corrected chi connectivity index (χ2v) is 11.2. The van der Waals surface area contributed by atoms with Crippen LogP contribution >= 0.6 is 0 Å². The predicted octanol–water partition coefficient (Wildman–Crippen LogP) is 0.729. The average molecular weight is 550 g/mol. The second-order valence-electron chi connectivity index (χ2n) is 11.2. The van der Waals surface area contributed by atoms with Crippen LogP contribution < -0.4 is 26.4 Å². The van der Waals surface area contributed by atoms with Crippen molar-refractivity contribution in [2.75, 3.05) is 57.9 Å². The molecule has 39 heavy (non-hydrogen) atoms. The van der Waals surface area contributed by atoms with Gasteiger partial charge in [-0.3, -0.25) is 19.3 Å². The number of benzene rings is 1. The van der Waals surface area contributed by atoms with Crippen molar-refractivity contribution in [2.45, 2.75) is 52.7 Å². The maximum Gasteiger partial charge on any atom is 0.241 e. The number of anilines is 1. The zero-order valence-electron chi connectivity index (χ0n) is 24.0. The Labute approximate surface area is 232 Å². The highest BCUT2D eigenvalue weighted by Gasteiger charge is 2.33. The van der Waals surface area contributed by atoms with Gasteiger partial charge in [0.1, 0.15) is 5.75 Å². The highest BCUT2D eigenvalue weighted by molar-refractivity contribution is 5.97. The highest BCUT2D eigenvalue weighted by Crippen LogP contribution is 2.29. The molecule has 220 valence electrons. The fourth-order valence-electron chi connectivity index (χ4n) is 4.38. The van der Waals surface area contributed by atoms with Gasteiger partial charge < -0.3 is 36.3 Å². The zero-order chi connectivity index (χ0) is 29.2. The van der Waals surface area contributed by atoms with Crippen molar-refractivity contribution in [3.05, 3.63) is 24.3 Å². The number of carbonyl (C=O) groups excluding carboxylic acids is 3. The van der Waals surface area contributed by atoms with Crippen molar-refractivity contribution in [2.24, 2.45) is 28.7 Å². The number of rotatable bonds is 16. The van der Waals surface area contributed by atoms with E-state index >= 15 is 0 Å². The van der Waals surface area contributed by atoms with Crippen LogP contribution in [0.25, 0.3) is 0 Å². The number of carbonyl (C=O) groups is 3. The maximum atomic E-state index is 13.1. The second kappa shape index (κ2) is 15.2. The smallest absolute Gasteiger partial charge is 0.241 e. The largest absolute Gasteiger partial charge is 0.491 e. The Morgan fingerprint density at radius 1 is 1.18 bits per heavy atom. The Bertz CT molecular complexity index is 956. The van der Waals surface area contributed by atoms with Gasteiger partial charge in [0.05, 0.1) is 30.4 Å². The Morgan fingerprint density at radius 2 is 1.87 bits per heavy atom. The number of hydrogen-bond donors (Lipinski definition) is 4. The summed E-state index contributed by atoms with van der Waals surface area (Å²) < 4.78 is 11.0. The lowest BCUT2D eigenvalue weighted by Gasteiger charge is -2.37. The molecule has 1 aliphatic rings. The number of nitrogens with one attached hydrogen (secondary N) is 1. The average Bonchev–Trinajstić information content (AvgIpc) is 2.88. The first-order chi connectivity index (χ1) is 18.4. The van der Waals surface area contributed by atoms with Crippen LogP contribution in [0.15, 0.2) is 24.3 Å². The van der Waals surface area contributed by atoms with Crippen molar-refractivity contribution < 1.29 is 29.0 Å². The summed E-state index contributed by atoms with van der Waals surface area (Å²) in [5.74, 6) is -0.720. The van der Waals surface area contributed by atoms with Crippen LogP contribution in [0.3, 0.4) is 0 Å². The lowest BCUT2D eigenvalue weighted by Crippen LogP contribution is -2.55. The molecule has 0 radical (unpaired) electrons. The number of nitrogens with two attached hydrogens (primary N) is 2. The molecule has 11 heteroatoms. The fraction of sp³-hybridized carbons (Fsp3) is 0.679. The van der Waals surface area contributed by atoms with Crippen molar-refractivity contribution in [1.82, 2.24) is 10.2 Å². The lowest BCUT2D eigenvalue weighted by atomic mass is 9.86. The molecule has 1 fully saturated rings. The first kappa shape index (κ1) is 32.5. The number of aliphatic hydroxyl groups excluding tert-OH is 1. The van der Waals surface area contributed by atoms with E-state index in [0.717, 1.165) is 12.1 Å². The van der Waals surface area contributed by atoms with Crippen molar-refractivity contribution in [3.63, 3.8) is 0 Å². The molecule has 6 N–H and O–H groups in total. The molecule has 0 bridgehead atoms. The van der Waals surface area contributed by atoms with E-state index in [1.54, 1.807) is 25.9 Å². The molecule has 1 saturated heterocycles. The summed E-state index contributed by atoms with van der Waals surface area (Å²) >= 11 is 0. The Hall–Kier alpha value is -2.73. The monoisotopic (exact) mass is 549 g/mol.